The molecule has 32 heavy (non-hydrogen) atoms. The van der Waals surface area contributed by atoms with Gasteiger partial charge in [0.15, 0.2) is 6.61 Å². The highest BCUT2D eigenvalue weighted by Crippen LogP contribution is 2.32. The first-order chi connectivity index (χ1) is 15.4. The third-order valence-corrected chi connectivity index (χ3v) is 5.68. The van der Waals surface area contributed by atoms with E-state index >= 15 is 0 Å². The Balaban J connectivity index is 1.41. The number of thiophene rings is 1. The van der Waals surface area contributed by atoms with Crippen molar-refractivity contribution >= 4 is 23.0 Å². The Labute approximate surface area is 186 Å². The number of aromatic nitrogens is 2. The van der Waals surface area contributed by atoms with Crippen molar-refractivity contribution in [3.05, 3.63) is 80.4 Å². The minimum atomic E-state index is -0.493. The molecule has 0 N–H and O–H groups in total. The molecule has 0 radical (unpaired) electrons. The van der Waals surface area contributed by atoms with E-state index in [2.05, 4.69) is 10.1 Å². The van der Waals surface area contributed by atoms with Gasteiger partial charge >= 0.3 is 5.97 Å². The van der Waals surface area contributed by atoms with Crippen molar-refractivity contribution in [2.24, 2.45) is 0 Å². The molecule has 0 aliphatic heterocycles. The number of non-ortho nitro benzene ring substituents is 1. The summed E-state index contributed by atoms with van der Waals surface area (Å²) < 4.78 is 15.6. The van der Waals surface area contributed by atoms with Crippen LogP contribution in [-0.2, 0) is 11.3 Å². The predicted octanol–water partition coefficient (Wildman–Crippen LogP) is 5.05. The minimum Gasteiger partial charge on any atom is -0.497 e. The fourth-order valence-electron chi connectivity index (χ4n) is 3.00. The van der Waals surface area contributed by atoms with E-state index < -0.39 is 10.9 Å². The quantitative estimate of drug-likeness (QED) is 0.218. The van der Waals surface area contributed by atoms with Gasteiger partial charge in [0.2, 0.25) is 5.82 Å². The highest BCUT2D eigenvalue weighted by molar-refractivity contribution is 7.14. The van der Waals surface area contributed by atoms with Gasteiger partial charge in [0.1, 0.15) is 10.6 Å². The number of esters is 1. The van der Waals surface area contributed by atoms with Gasteiger partial charge in [0.05, 0.1) is 12.0 Å². The number of methoxy groups -OCH3 is 1. The fraction of sp³-hybridized carbons (Fsp3) is 0.136. The normalized spacial score (nSPS) is 10.7. The summed E-state index contributed by atoms with van der Waals surface area (Å²) >= 11 is 1.34. The maximum absolute atomic E-state index is 12.5. The highest BCUT2D eigenvalue weighted by atomic mass is 32.1. The molecular formula is C22H17N3O6S. The number of nitrogens with zero attached hydrogens (tertiary/aromatic N) is 3. The molecule has 0 aliphatic rings. The SMILES string of the molecule is COc1ccc(-c2cc(C(=O)OCc3nc(-c4ccc([N+](=O)[O-])cc4)no3)sc2C)cc1. The van der Waals surface area contributed by atoms with Gasteiger partial charge in [-0.2, -0.15) is 4.98 Å². The van der Waals surface area contributed by atoms with Crippen LogP contribution in [-0.4, -0.2) is 28.1 Å². The van der Waals surface area contributed by atoms with Gasteiger partial charge in [-0.1, -0.05) is 17.3 Å². The van der Waals surface area contributed by atoms with Crippen molar-refractivity contribution in [2.75, 3.05) is 7.11 Å². The van der Waals surface area contributed by atoms with Crippen molar-refractivity contribution in [3.8, 4) is 28.3 Å². The molecule has 0 atom stereocenters. The van der Waals surface area contributed by atoms with Crippen molar-refractivity contribution in [1.29, 1.82) is 0 Å². The summed E-state index contributed by atoms with van der Waals surface area (Å²) in [6.45, 7) is 1.75. The molecule has 2 aromatic carbocycles. The Morgan fingerprint density at radius 1 is 1.12 bits per heavy atom. The number of benzene rings is 2. The van der Waals surface area contributed by atoms with Gasteiger partial charge in [0.25, 0.3) is 11.6 Å². The molecule has 10 heteroatoms. The van der Waals surface area contributed by atoms with Crippen LogP contribution < -0.4 is 4.74 Å². The Kier molecular flexibility index (Phi) is 5.95. The lowest BCUT2D eigenvalue weighted by Crippen LogP contribution is -2.03. The molecule has 0 fully saturated rings. The zero-order valence-corrected chi connectivity index (χ0v) is 17.9. The fourth-order valence-corrected chi connectivity index (χ4v) is 3.94. The number of rotatable bonds is 7. The molecule has 0 aliphatic carbocycles. The first-order valence-corrected chi connectivity index (χ1v) is 10.3. The van der Waals surface area contributed by atoms with Crippen LogP contribution in [0.4, 0.5) is 5.69 Å². The van der Waals surface area contributed by atoms with Gasteiger partial charge in [-0.3, -0.25) is 10.1 Å². The van der Waals surface area contributed by atoms with Crippen LogP contribution >= 0.6 is 11.3 Å². The van der Waals surface area contributed by atoms with E-state index in [4.69, 9.17) is 14.0 Å². The summed E-state index contributed by atoms with van der Waals surface area (Å²) in [7, 11) is 1.61. The number of nitro benzene ring substituents is 1. The first kappa shape index (κ1) is 21.2. The molecule has 2 aromatic heterocycles. The summed E-state index contributed by atoms with van der Waals surface area (Å²) in [5.41, 5.74) is 2.44. The number of hydrogen-bond acceptors (Lipinski definition) is 9. The number of hydrogen-bond donors (Lipinski definition) is 0. The van der Waals surface area contributed by atoms with Crippen molar-refractivity contribution in [1.82, 2.24) is 10.1 Å². The third-order valence-electron chi connectivity index (χ3n) is 4.65. The molecule has 0 amide bonds. The maximum atomic E-state index is 12.5. The van der Waals surface area contributed by atoms with Crippen LogP contribution in [0.15, 0.2) is 59.1 Å². The number of ether oxygens (including phenoxy) is 2. The van der Waals surface area contributed by atoms with Crippen LogP contribution in [0.3, 0.4) is 0 Å². The lowest BCUT2D eigenvalue weighted by molar-refractivity contribution is -0.384. The van der Waals surface area contributed by atoms with Crippen LogP contribution in [0.1, 0.15) is 20.4 Å². The summed E-state index contributed by atoms with van der Waals surface area (Å²) in [5.74, 6) is 0.636. The van der Waals surface area contributed by atoms with E-state index in [1.165, 1.54) is 35.6 Å². The number of aryl methyl sites for hydroxylation is 1. The second kappa shape index (κ2) is 8.98. The van der Waals surface area contributed by atoms with E-state index in [9.17, 15) is 14.9 Å². The molecule has 0 bridgehead atoms. The Hall–Kier alpha value is -4.05. The molecular weight excluding hydrogens is 434 g/mol. The molecule has 9 nitrogen and oxygen atoms in total. The van der Waals surface area contributed by atoms with Crippen LogP contribution in [0.5, 0.6) is 5.75 Å². The van der Waals surface area contributed by atoms with E-state index in [-0.39, 0.29) is 24.0 Å². The van der Waals surface area contributed by atoms with Crippen LogP contribution in [0, 0.1) is 17.0 Å². The minimum absolute atomic E-state index is 0.0355. The van der Waals surface area contributed by atoms with Gasteiger partial charge in [-0.05, 0) is 48.4 Å². The first-order valence-electron chi connectivity index (χ1n) is 9.44. The molecule has 0 spiro atoms. The number of carbonyl (C=O) groups excluding carboxylic acids is 1. The van der Waals surface area contributed by atoms with Gasteiger partial charge in [0, 0.05) is 22.6 Å². The predicted molar refractivity (Wildman–Crippen MR) is 117 cm³/mol. The van der Waals surface area contributed by atoms with Gasteiger partial charge in [-0.15, -0.1) is 11.3 Å². The summed E-state index contributed by atoms with van der Waals surface area (Å²) in [5, 5.41) is 14.6. The number of carbonyl (C=O) groups is 1. The van der Waals surface area contributed by atoms with E-state index in [0.29, 0.717) is 10.4 Å². The Morgan fingerprint density at radius 3 is 2.47 bits per heavy atom. The van der Waals surface area contributed by atoms with E-state index in [0.717, 1.165) is 21.8 Å². The molecule has 0 saturated carbocycles. The zero-order valence-electron chi connectivity index (χ0n) is 17.1. The lowest BCUT2D eigenvalue weighted by Gasteiger charge is -2.02. The van der Waals surface area contributed by atoms with E-state index in [1.54, 1.807) is 13.2 Å². The molecule has 4 rings (SSSR count). The molecule has 4 aromatic rings. The van der Waals surface area contributed by atoms with Crippen molar-refractivity contribution in [2.45, 2.75) is 13.5 Å². The smallest absolute Gasteiger partial charge is 0.348 e. The highest BCUT2D eigenvalue weighted by Gasteiger charge is 2.17. The molecule has 0 unspecified atom stereocenters. The van der Waals surface area contributed by atoms with E-state index in [1.807, 2.05) is 31.2 Å². The average Bonchev–Trinajstić information content (AvgIpc) is 3.44. The molecule has 2 heterocycles. The standard InChI is InChI=1S/C22H17N3O6S/c1-13-18(14-5-9-17(29-2)10-6-14)11-19(32-13)22(26)30-12-20-23-21(24-31-20)15-3-7-16(8-4-15)25(27)28/h3-11H,12H2,1-2H3. The largest absolute Gasteiger partial charge is 0.497 e. The summed E-state index contributed by atoms with van der Waals surface area (Å²) in [6, 6.07) is 15.1. The van der Waals surface area contributed by atoms with Crippen LogP contribution in [0.25, 0.3) is 22.5 Å². The molecule has 162 valence electrons. The second-order valence-electron chi connectivity index (χ2n) is 6.70. The van der Waals surface area contributed by atoms with Crippen molar-refractivity contribution in [3.63, 3.8) is 0 Å². The summed E-state index contributed by atoms with van der Waals surface area (Å²) in [4.78, 5) is 28.4. The lowest BCUT2D eigenvalue weighted by atomic mass is 10.1. The zero-order chi connectivity index (χ0) is 22.7. The second-order valence-corrected chi connectivity index (χ2v) is 7.96. The maximum Gasteiger partial charge on any atom is 0.348 e. The van der Waals surface area contributed by atoms with Gasteiger partial charge in [-0.25, -0.2) is 4.79 Å². The average molecular weight is 451 g/mol. The third kappa shape index (κ3) is 4.49. The monoisotopic (exact) mass is 451 g/mol. The van der Waals surface area contributed by atoms with Crippen LogP contribution in [0.2, 0.25) is 0 Å². The molecule has 0 saturated heterocycles. The summed E-state index contributed by atoms with van der Waals surface area (Å²) in [6.07, 6.45) is 0. The van der Waals surface area contributed by atoms with Crippen molar-refractivity contribution < 1.29 is 23.7 Å². The van der Waals surface area contributed by atoms with Gasteiger partial charge < -0.3 is 14.0 Å². The topological polar surface area (TPSA) is 118 Å². The Morgan fingerprint density at radius 2 is 1.81 bits per heavy atom. The number of nitro groups is 1. The Bertz CT molecular complexity index is 1260.